The first kappa shape index (κ1) is 31.0. The van der Waals surface area contributed by atoms with Gasteiger partial charge in [0.2, 0.25) is 10.0 Å². The van der Waals surface area contributed by atoms with Crippen molar-refractivity contribution in [1.82, 2.24) is 14.1 Å². The number of carboxylic acids is 1. The molecular weight excluding hydrogens is 542 g/mol. The number of carbonyl (C=O) groups excluding carboxylic acids is 1. The second-order valence-electron chi connectivity index (χ2n) is 12.6. The maximum atomic E-state index is 13.5. The zero-order valence-electron chi connectivity index (χ0n) is 24.7. The molecule has 4 rings (SSSR count). The Bertz CT molecular complexity index is 1330. The minimum absolute atomic E-state index is 0.0426. The van der Waals surface area contributed by atoms with Gasteiger partial charge in [-0.2, -0.15) is 0 Å². The van der Waals surface area contributed by atoms with E-state index < -0.39 is 27.0 Å². The van der Waals surface area contributed by atoms with Gasteiger partial charge in [0.05, 0.1) is 10.5 Å². The second kappa shape index (κ2) is 12.1. The summed E-state index contributed by atoms with van der Waals surface area (Å²) in [5.41, 5.74) is 0.135. The predicted molar refractivity (Wildman–Crippen MR) is 158 cm³/mol. The van der Waals surface area contributed by atoms with Gasteiger partial charge in [0, 0.05) is 44.7 Å². The first-order chi connectivity index (χ1) is 19.2. The fraction of sp³-hybridized carbons (Fsp3) is 0.548. The molecule has 2 aliphatic rings. The van der Waals surface area contributed by atoms with E-state index in [0.29, 0.717) is 5.92 Å². The Labute approximate surface area is 244 Å². The van der Waals surface area contributed by atoms with Crippen molar-refractivity contribution in [3.05, 3.63) is 65.7 Å². The molecule has 0 aromatic heterocycles. The molecule has 1 amide bonds. The molecule has 2 fully saturated rings. The van der Waals surface area contributed by atoms with E-state index in [0.717, 1.165) is 51.0 Å². The van der Waals surface area contributed by atoms with Crippen LogP contribution in [-0.4, -0.2) is 91.1 Å². The van der Waals surface area contributed by atoms with Crippen molar-refractivity contribution in [1.29, 1.82) is 0 Å². The first-order valence-corrected chi connectivity index (χ1v) is 15.7. The predicted octanol–water partition coefficient (Wildman–Crippen LogP) is 4.68. The number of sulfonamides is 1. The fourth-order valence-electron chi connectivity index (χ4n) is 6.10. The molecule has 9 nitrogen and oxygen atoms in total. The van der Waals surface area contributed by atoms with E-state index in [9.17, 15) is 23.1 Å². The van der Waals surface area contributed by atoms with E-state index in [-0.39, 0.29) is 29.1 Å². The highest BCUT2D eigenvalue weighted by Gasteiger charge is 2.42. The van der Waals surface area contributed by atoms with Gasteiger partial charge in [-0.05, 0) is 82.3 Å². The number of likely N-dealkylation sites (N-methyl/N-ethyl adjacent to an activating group) is 1. The Morgan fingerprint density at radius 1 is 1.00 bits per heavy atom. The number of ether oxygens (including phenoxy) is 1. The third-order valence-electron chi connectivity index (χ3n) is 8.38. The molecule has 2 aromatic rings. The molecule has 0 saturated carbocycles. The van der Waals surface area contributed by atoms with Crippen LogP contribution in [0.15, 0.2) is 59.5 Å². The van der Waals surface area contributed by atoms with Crippen molar-refractivity contribution < 1.29 is 27.9 Å². The van der Waals surface area contributed by atoms with Gasteiger partial charge in [0.15, 0.2) is 0 Å². The lowest BCUT2D eigenvalue weighted by atomic mass is 9.79. The van der Waals surface area contributed by atoms with Gasteiger partial charge < -0.3 is 19.6 Å². The highest BCUT2D eigenvalue weighted by Crippen LogP contribution is 2.35. The molecular formula is C31H43N3O6S. The van der Waals surface area contributed by atoms with E-state index in [2.05, 4.69) is 11.8 Å². The summed E-state index contributed by atoms with van der Waals surface area (Å²) < 4.78 is 33.9. The monoisotopic (exact) mass is 585 g/mol. The van der Waals surface area contributed by atoms with Gasteiger partial charge in [-0.3, -0.25) is 0 Å². The smallest absolute Gasteiger partial charge is 0.410 e. The largest absolute Gasteiger partial charge is 0.478 e. The van der Waals surface area contributed by atoms with Crippen LogP contribution in [0.25, 0.3) is 0 Å². The number of carboxylic acid groups (broad SMARTS) is 1. The third kappa shape index (κ3) is 7.28. The van der Waals surface area contributed by atoms with Gasteiger partial charge in [-0.1, -0.05) is 37.3 Å². The van der Waals surface area contributed by atoms with Crippen LogP contribution in [-0.2, 0) is 20.2 Å². The molecule has 2 aromatic carbocycles. The summed E-state index contributed by atoms with van der Waals surface area (Å²) in [4.78, 5) is 28.4. The fourth-order valence-corrected chi connectivity index (χ4v) is 7.39. The van der Waals surface area contributed by atoms with Crippen LogP contribution < -0.4 is 0 Å². The zero-order chi connectivity index (χ0) is 30.0. The van der Waals surface area contributed by atoms with E-state index in [1.807, 2.05) is 56.0 Å². The number of rotatable bonds is 9. The van der Waals surface area contributed by atoms with Gasteiger partial charge in [-0.25, -0.2) is 22.3 Å². The molecule has 0 bridgehead atoms. The molecule has 0 aliphatic carbocycles. The summed E-state index contributed by atoms with van der Waals surface area (Å²) in [6, 6.07) is 15.5. The molecule has 2 saturated heterocycles. The number of aromatic carboxylic acids is 1. The van der Waals surface area contributed by atoms with E-state index in [1.165, 1.54) is 28.6 Å². The number of hydrogen-bond acceptors (Lipinski definition) is 6. The van der Waals surface area contributed by atoms with Crippen molar-refractivity contribution in [3.8, 4) is 0 Å². The topological polar surface area (TPSA) is 107 Å². The number of fused-ring (bicyclic) bond motifs is 1. The van der Waals surface area contributed by atoms with Crippen LogP contribution in [0.4, 0.5) is 4.79 Å². The van der Waals surface area contributed by atoms with Crippen molar-refractivity contribution >= 4 is 22.1 Å². The molecule has 10 heteroatoms. The lowest BCUT2D eigenvalue weighted by Crippen LogP contribution is -2.49. The maximum Gasteiger partial charge on any atom is 0.410 e. The zero-order valence-corrected chi connectivity index (χ0v) is 25.6. The Hall–Kier alpha value is -2.95. The third-order valence-corrected chi connectivity index (χ3v) is 10.2. The average molecular weight is 586 g/mol. The van der Waals surface area contributed by atoms with Crippen LogP contribution in [0.2, 0.25) is 0 Å². The van der Waals surface area contributed by atoms with E-state index in [1.54, 1.807) is 7.05 Å². The Morgan fingerprint density at radius 3 is 2.27 bits per heavy atom. The summed E-state index contributed by atoms with van der Waals surface area (Å²) in [5.74, 6) is -0.700. The van der Waals surface area contributed by atoms with Gasteiger partial charge in [-0.15, -0.1) is 0 Å². The summed E-state index contributed by atoms with van der Waals surface area (Å²) in [5, 5.41) is 9.17. The average Bonchev–Trinajstić information content (AvgIpc) is 3.35. The second-order valence-corrected chi connectivity index (χ2v) is 14.7. The molecule has 0 spiro atoms. The standard InChI is InChI=1S/C31H43N3O6S/c1-30(2,3)40-29(37)34-19-15-24-21-33(18-16-27(24)34)20-17-31(4,25-9-7-6-8-10-25)22-32(5)41(38,39)26-13-11-23(12-14-26)28(35)36/h6-14,24,27H,15-22H2,1-5H3,(H,35,36). The van der Waals surface area contributed by atoms with E-state index in [4.69, 9.17) is 4.74 Å². The van der Waals surface area contributed by atoms with Crippen molar-refractivity contribution in [2.45, 2.75) is 68.9 Å². The molecule has 3 unspecified atom stereocenters. The summed E-state index contributed by atoms with van der Waals surface area (Å²) >= 11 is 0. The number of benzene rings is 2. The molecule has 1 N–H and O–H groups in total. The van der Waals surface area contributed by atoms with E-state index >= 15 is 0 Å². The minimum atomic E-state index is -3.83. The van der Waals surface area contributed by atoms with Crippen LogP contribution in [0.5, 0.6) is 0 Å². The normalized spacial score (nSPS) is 21.4. The quantitative estimate of drug-likeness (QED) is 0.455. The number of nitrogens with zero attached hydrogens (tertiary/aromatic N) is 3. The Morgan fingerprint density at radius 2 is 1.66 bits per heavy atom. The minimum Gasteiger partial charge on any atom is -0.478 e. The number of amides is 1. The van der Waals surface area contributed by atoms with Crippen LogP contribution in [0.1, 0.15) is 62.9 Å². The molecule has 224 valence electrons. The molecule has 2 aliphatic heterocycles. The molecule has 41 heavy (non-hydrogen) atoms. The van der Waals surface area contributed by atoms with Crippen LogP contribution >= 0.6 is 0 Å². The lowest BCUT2D eigenvalue weighted by Gasteiger charge is -2.40. The van der Waals surface area contributed by atoms with Crippen molar-refractivity contribution in [2.75, 3.05) is 39.8 Å². The van der Waals surface area contributed by atoms with Crippen LogP contribution in [0, 0.1) is 5.92 Å². The lowest BCUT2D eigenvalue weighted by molar-refractivity contribution is 0.0139. The molecule has 2 heterocycles. The number of carbonyl (C=O) groups is 2. The van der Waals surface area contributed by atoms with Crippen LogP contribution in [0.3, 0.4) is 0 Å². The first-order valence-electron chi connectivity index (χ1n) is 14.3. The molecule has 3 atom stereocenters. The van der Waals surface area contributed by atoms with Gasteiger partial charge in [0.1, 0.15) is 5.60 Å². The number of piperidine rings is 1. The van der Waals surface area contributed by atoms with Crippen molar-refractivity contribution in [2.24, 2.45) is 5.92 Å². The summed E-state index contributed by atoms with van der Waals surface area (Å²) in [6.45, 7) is 11.3. The number of hydrogen-bond donors (Lipinski definition) is 1. The molecule has 0 radical (unpaired) electrons. The number of likely N-dealkylation sites (tertiary alicyclic amines) is 2. The Kier molecular flexibility index (Phi) is 9.16. The summed E-state index contributed by atoms with van der Waals surface area (Å²) in [6.07, 6.45) is 2.38. The maximum absolute atomic E-state index is 13.5. The summed E-state index contributed by atoms with van der Waals surface area (Å²) in [7, 11) is -2.25. The Balaban J connectivity index is 1.44. The highest BCUT2D eigenvalue weighted by molar-refractivity contribution is 7.89. The SMILES string of the molecule is CN(CC(C)(CCN1CCC2C(CCN2C(=O)OC(C)(C)C)C1)c1ccccc1)S(=O)(=O)c1ccc(C(=O)O)cc1. The van der Waals surface area contributed by atoms with Gasteiger partial charge >= 0.3 is 12.1 Å². The van der Waals surface area contributed by atoms with Gasteiger partial charge in [0.25, 0.3) is 0 Å². The highest BCUT2D eigenvalue weighted by atomic mass is 32.2. The van der Waals surface area contributed by atoms with Crippen molar-refractivity contribution in [3.63, 3.8) is 0 Å².